The summed E-state index contributed by atoms with van der Waals surface area (Å²) >= 11 is 3.48. The highest BCUT2D eigenvalue weighted by Crippen LogP contribution is 2.21. The Kier molecular flexibility index (Phi) is 7.84. The second kappa shape index (κ2) is 9.13. The van der Waals surface area contributed by atoms with Gasteiger partial charge in [-0.25, -0.2) is 4.98 Å². The molecule has 1 aromatic rings. The molecule has 0 spiro atoms. The summed E-state index contributed by atoms with van der Waals surface area (Å²) in [6.45, 7) is 10.0. The van der Waals surface area contributed by atoms with Gasteiger partial charge in [-0.2, -0.15) is 4.98 Å². The Morgan fingerprint density at radius 1 is 1.35 bits per heavy atom. The van der Waals surface area contributed by atoms with Gasteiger partial charge in [0.25, 0.3) is 0 Å². The molecule has 1 aromatic heterocycles. The SMILES string of the molecule is CCN(CC)CCCC(C)Nc1nc(NC)ncc1Br. The van der Waals surface area contributed by atoms with Crippen LogP contribution in [0.1, 0.15) is 33.6 Å². The molecule has 5 nitrogen and oxygen atoms in total. The van der Waals surface area contributed by atoms with Crippen LogP contribution in [-0.2, 0) is 0 Å². The molecule has 0 fully saturated rings. The molecule has 0 bridgehead atoms. The molecule has 1 rings (SSSR count). The number of hydrogen-bond donors (Lipinski definition) is 2. The first-order chi connectivity index (χ1) is 9.60. The van der Waals surface area contributed by atoms with E-state index < -0.39 is 0 Å². The number of hydrogen-bond acceptors (Lipinski definition) is 5. The van der Waals surface area contributed by atoms with Crippen molar-refractivity contribution < 1.29 is 0 Å². The fourth-order valence-corrected chi connectivity index (χ4v) is 2.36. The number of nitrogens with zero attached hydrogens (tertiary/aromatic N) is 3. The van der Waals surface area contributed by atoms with Gasteiger partial charge in [0.15, 0.2) is 0 Å². The van der Waals surface area contributed by atoms with E-state index in [0.717, 1.165) is 36.3 Å². The molecule has 1 atom stereocenters. The molecule has 0 aromatic carbocycles. The minimum absolute atomic E-state index is 0.390. The lowest BCUT2D eigenvalue weighted by Gasteiger charge is -2.20. The number of rotatable bonds is 9. The van der Waals surface area contributed by atoms with E-state index in [1.54, 1.807) is 6.20 Å². The Morgan fingerprint density at radius 3 is 2.65 bits per heavy atom. The lowest BCUT2D eigenvalue weighted by atomic mass is 10.1. The van der Waals surface area contributed by atoms with Crippen LogP contribution in [0.3, 0.4) is 0 Å². The Labute approximate surface area is 130 Å². The lowest BCUT2D eigenvalue weighted by Crippen LogP contribution is -2.25. The summed E-state index contributed by atoms with van der Waals surface area (Å²) in [6.07, 6.45) is 4.09. The van der Waals surface area contributed by atoms with Crippen molar-refractivity contribution in [2.24, 2.45) is 0 Å². The van der Waals surface area contributed by atoms with Crippen LogP contribution in [0.2, 0.25) is 0 Å². The van der Waals surface area contributed by atoms with Crippen molar-refractivity contribution in [3.63, 3.8) is 0 Å². The van der Waals surface area contributed by atoms with E-state index in [9.17, 15) is 0 Å². The lowest BCUT2D eigenvalue weighted by molar-refractivity contribution is 0.295. The zero-order chi connectivity index (χ0) is 15.0. The molecule has 2 N–H and O–H groups in total. The van der Waals surface area contributed by atoms with Gasteiger partial charge in [-0.1, -0.05) is 13.8 Å². The minimum atomic E-state index is 0.390. The normalized spacial score (nSPS) is 12.5. The Balaban J connectivity index is 2.44. The molecule has 1 heterocycles. The predicted molar refractivity (Wildman–Crippen MR) is 89.4 cm³/mol. The van der Waals surface area contributed by atoms with Gasteiger partial charge in [0.2, 0.25) is 5.95 Å². The first-order valence-electron chi connectivity index (χ1n) is 7.29. The number of nitrogens with one attached hydrogen (secondary N) is 2. The molecule has 0 aliphatic carbocycles. The summed E-state index contributed by atoms with van der Waals surface area (Å²) in [6, 6.07) is 0.390. The van der Waals surface area contributed by atoms with E-state index >= 15 is 0 Å². The Hall–Kier alpha value is -0.880. The Bertz CT molecular complexity index is 395. The summed E-state index contributed by atoms with van der Waals surface area (Å²) in [7, 11) is 1.82. The molecule has 0 aliphatic heterocycles. The summed E-state index contributed by atoms with van der Waals surface area (Å²) in [5.41, 5.74) is 0. The summed E-state index contributed by atoms with van der Waals surface area (Å²) in [5.74, 6) is 1.48. The maximum absolute atomic E-state index is 4.42. The topological polar surface area (TPSA) is 53.1 Å². The zero-order valence-electron chi connectivity index (χ0n) is 12.9. The molecular weight excluding hydrogens is 318 g/mol. The summed E-state index contributed by atoms with van der Waals surface area (Å²) in [5, 5.41) is 6.39. The monoisotopic (exact) mass is 343 g/mol. The first kappa shape index (κ1) is 17.2. The van der Waals surface area contributed by atoms with Gasteiger partial charge in [-0.15, -0.1) is 0 Å². The molecule has 20 heavy (non-hydrogen) atoms. The van der Waals surface area contributed by atoms with E-state index in [-0.39, 0.29) is 0 Å². The van der Waals surface area contributed by atoms with E-state index in [4.69, 9.17) is 0 Å². The van der Waals surface area contributed by atoms with Crippen molar-refractivity contribution in [1.82, 2.24) is 14.9 Å². The third-order valence-corrected chi connectivity index (χ3v) is 3.94. The average molecular weight is 344 g/mol. The zero-order valence-corrected chi connectivity index (χ0v) is 14.5. The summed E-state index contributed by atoms with van der Waals surface area (Å²) < 4.78 is 0.895. The van der Waals surface area contributed by atoms with Gasteiger partial charge in [0.1, 0.15) is 5.82 Å². The molecule has 0 saturated carbocycles. The van der Waals surface area contributed by atoms with Crippen LogP contribution in [0, 0.1) is 0 Å². The summed E-state index contributed by atoms with van der Waals surface area (Å²) in [4.78, 5) is 11.0. The second-order valence-corrected chi connectivity index (χ2v) is 5.71. The van der Waals surface area contributed by atoms with Crippen molar-refractivity contribution in [2.45, 2.75) is 39.7 Å². The van der Waals surface area contributed by atoms with Crippen LogP contribution < -0.4 is 10.6 Å². The van der Waals surface area contributed by atoms with Gasteiger partial charge in [0, 0.05) is 19.3 Å². The third kappa shape index (κ3) is 5.63. The fourth-order valence-electron chi connectivity index (χ4n) is 2.06. The largest absolute Gasteiger partial charge is 0.367 e. The van der Waals surface area contributed by atoms with Crippen molar-refractivity contribution in [2.75, 3.05) is 37.3 Å². The highest BCUT2D eigenvalue weighted by atomic mass is 79.9. The fraction of sp³-hybridized carbons (Fsp3) is 0.714. The standard InChI is InChI=1S/C14H26BrN5/c1-5-20(6-2)9-7-8-11(3)18-13-12(15)10-17-14(16-4)19-13/h10-11H,5-9H2,1-4H3,(H2,16,17,18,19). The van der Waals surface area contributed by atoms with E-state index in [2.05, 4.69) is 62.2 Å². The van der Waals surface area contributed by atoms with Crippen LogP contribution in [0.25, 0.3) is 0 Å². The number of halogens is 1. The van der Waals surface area contributed by atoms with Crippen molar-refractivity contribution >= 4 is 27.7 Å². The smallest absolute Gasteiger partial charge is 0.224 e. The first-order valence-corrected chi connectivity index (χ1v) is 8.09. The van der Waals surface area contributed by atoms with Gasteiger partial charge in [0.05, 0.1) is 4.47 Å². The van der Waals surface area contributed by atoms with Crippen molar-refractivity contribution in [1.29, 1.82) is 0 Å². The maximum Gasteiger partial charge on any atom is 0.224 e. The van der Waals surface area contributed by atoms with Crippen molar-refractivity contribution in [3.05, 3.63) is 10.7 Å². The van der Waals surface area contributed by atoms with Gasteiger partial charge in [-0.05, 0) is 55.3 Å². The number of anilines is 2. The van der Waals surface area contributed by atoms with Gasteiger partial charge in [-0.3, -0.25) is 0 Å². The van der Waals surface area contributed by atoms with Crippen LogP contribution in [0.15, 0.2) is 10.7 Å². The van der Waals surface area contributed by atoms with Gasteiger partial charge < -0.3 is 15.5 Å². The second-order valence-electron chi connectivity index (χ2n) is 4.85. The Morgan fingerprint density at radius 2 is 2.05 bits per heavy atom. The average Bonchev–Trinajstić information content (AvgIpc) is 2.46. The molecule has 6 heteroatoms. The van der Waals surface area contributed by atoms with E-state index in [1.807, 2.05) is 7.05 Å². The van der Waals surface area contributed by atoms with Crippen molar-refractivity contribution in [3.8, 4) is 0 Å². The molecule has 0 radical (unpaired) electrons. The van der Waals surface area contributed by atoms with Gasteiger partial charge >= 0.3 is 0 Å². The predicted octanol–water partition coefficient (Wildman–Crippen LogP) is 3.20. The van der Waals surface area contributed by atoms with Crippen LogP contribution in [0.4, 0.5) is 11.8 Å². The van der Waals surface area contributed by atoms with Crippen LogP contribution in [0.5, 0.6) is 0 Å². The molecule has 0 saturated heterocycles. The molecule has 1 unspecified atom stereocenters. The minimum Gasteiger partial charge on any atom is -0.367 e. The van der Waals surface area contributed by atoms with E-state index in [1.165, 1.54) is 6.42 Å². The highest BCUT2D eigenvalue weighted by Gasteiger charge is 2.09. The van der Waals surface area contributed by atoms with Crippen LogP contribution >= 0.6 is 15.9 Å². The number of aromatic nitrogens is 2. The molecular formula is C14H26BrN5. The molecule has 0 amide bonds. The molecule has 114 valence electrons. The molecule has 0 aliphatic rings. The highest BCUT2D eigenvalue weighted by molar-refractivity contribution is 9.10. The van der Waals surface area contributed by atoms with Crippen LogP contribution in [-0.4, -0.2) is 47.6 Å². The maximum atomic E-state index is 4.42. The quantitative estimate of drug-likeness (QED) is 0.721. The van der Waals surface area contributed by atoms with E-state index in [0.29, 0.717) is 12.0 Å². The third-order valence-electron chi connectivity index (χ3n) is 3.36.